The van der Waals surface area contributed by atoms with Gasteiger partial charge in [-0.3, -0.25) is 14.7 Å². The van der Waals surface area contributed by atoms with Gasteiger partial charge in [0.1, 0.15) is 17.4 Å². The van der Waals surface area contributed by atoms with Crippen LogP contribution in [0.1, 0.15) is 44.3 Å². The van der Waals surface area contributed by atoms with Gasteiger partial charge in [-0.15, -0.1) is 0 Å². The summed E-state index contributed by atoms with van der Waals surface area (Å²) in [6.07, 6.45) is 1.96. The van der Waals surface area contributed by atoms with Crippen LogP contribution in [0, 0.1) is 5.82 Å². The van der Waals surface area contributed by atoms with Gasteiger partial charge < -0.3 is 9.84 Å². The van der Waals surface area contributed by atoms with Crippen LogP contribution in [0.15, 0.2) is 103 Å². The second-order valence-corrected chi connectivity index (χ2v) is 9.49. The molecule has 0 unspecified atom stereocenters. The number of aromatic nitrogens is 1. The summed E-state index contributed by atoms with van der Waals surface area (Å²) < 4.78 is 20.2. The van der Waals surface area contributed by atoms with Gasteiger partial charge in [-0.05, 0) is 53.1 Å². The minimum absolute atomic E-state index is 0.260. The number of nitrogens with zero attached hydrogens (tertiary/aromatic N) is 2. The van der Waals surface area contributed by atoms with E-state index in [0.717, 1.165) is 28.4 Å². The van der Waals surface area contributed by atoms with Gasteiger partial charge in [-0.2, -0.15) is 0 Å². The zero-order chi connectivity index (χ0) is 27.2. The van der Waals surface area contributed by atoms with Crippen LogP contribution < -0.4 is 4.74 Å². The van der Waals surface area contributed by atoms with Crippen LogP contribution in [-0.4, -0.2) is 28.3 Å². The highest BCUT2D eigenvalue weighted by atomic mass is 19.1. The molecule has 196 valence electrons. The number of carbonyl (C=O) groups excluding carboxylic acids is 1. The van der Waals surface area contributed by atoms with Gasteiger partial charge in [0, 0.05) is 24.7 Å². The number of ether oxygens (including phenoxy) is 1. The zero-order valence-electron chi connectivity index (χ0n) is 21.6. The molecule has 0 saturated heterocycles. The van der Waals surface area contributed by atoms with Crippen molar-refractivity contribution in [3.05, 3.63) is 142 Å². The topological polar surface area (TPSA) is 62.7 Å². The van der Waals surface area contributed by atoms with Crippen LogP contribution in [-0.2, 0) is 19.7 Å². The number of fused-ring (bicyclic) bond motifs is 1. The number of benzene rings is 4. The summed E-state index contributed by atoms with van der Waals surface area (Å²) in [5.74, 6) is 0.0862. The smallest absolute Gasteiger partial charge is 0.157 e. The third kappa shape index (κ3) is 5.72. The molecule has 0 fully saturated rings. The van der Waals surface area contributed by atoms with Crippen LogP contribution in [0.2, 0.25) is 0 Å². The lowest BCUT2D eigenvalue weighted by Crippen LogP contribution is -2.21. The fraction of sp³-hybridized carbons (Fsp3) is 0.152. The first-order valence-electron chi connectivity index (χ1n) is 12.8. The summed E-state index contributed by atoms with van der Waals surface area (Å²) in [6.45, 7) is 0.634. The maximum Gasteiger partial charge on any atom is 0.157 e. The highest BCUT2D eigenvalue weighted by Gasteiger charge is 2.25. The SMILES string of the molecule is CN(Cc1ccc(F)cc1)Cc1c(C=O)c(OC(c2ccccc2)c2ccccc2)c2ncccc2c1CO. The molecule has 0 aliphatic carbocycles. The van der Waals surface area contributed by atoms with Crippen LogP contribution in [0.5, 0.6) is 5.75 Å². The number of hydrogen-bond donors (Lipinski definition) is 1. The lowest BCUT2D eigenvalue weighted by Gasteiger charge is -2.26. The van der Waals surface area contributed by atoms with Gasteiger partial charge in [0.15, 0.2) is 12.0 Å². The van der Waals surface area contributed by atoms with Gasteiger partial charge >= 0.3 is 0 Å². The minimum atomic E-state index is -0.485. The molecule has 0 aliphatic heterocycles. The fourth-order valence-corrected chi connectivity index (χ4v) is 4.95. The normalized spacial score (nSPS) is 11.3. The van der Waals surface area contributed by atoms with E-state index in [1.54, 1.807) is 18.3 Å². The van der Waals surface area contributed by atoms with E-state index in [2.05, 4.69) is 4.98 Å². The maximum absolute atomic E-state index is 13.4. The van der Waals surface area contributed by atoms with Crippen LogP contribution >= 0.6 is 0 Å². The Bertz CT molecular complexity index is 1520. The van der Waals surface area contributed by atoms with Gasteiger partial charge in [-0.25, -0.2) is 4.39 Å². The molecule has 4 aromatic carbocycles. The molecule has 5 nitrogen and oxygen atoms in total. The highest BCUT2D eigenvalue weighted by molar-refractivity contribution is 5.98. The number of pyridine rings is 1. The lowest BCUT2D eigenvalue weighted by atomic mass is 9.94. The zero-order valence-corrected chi connectivity index (χ0v) is 21.6. The molecule has 1 aromatic heterocycles. The minimum Gasteiger partial charge on any atom is -0.478 e. The molecule has 0 aliphatic rings. The average molecular weight is 521 g/mol. The molecular formula is C33H29FN2O3. The number of aliphatic hydroxyl groups excluding tert-OH is 1. The number of hydrogen-bond acceptors (Lipinski definition) is 5. The summed E-state index contributed by atoms with van der Waals surface area (Å²) in [4.78, 5) is 19.4. The van der Waals surface area contributed by atoms with Gasteiger partial charge in [0.05, 0.1) is 12.2 Å². The van der Waals surface area contributed by atoms with E-state index in [-0.39, 0.29) is 12.4 Å². The quantitative estimate of drug-likeness (QED) is 0.214. The van der Waals surface area contributed by atoms with Crippen molar-refractivity contribution >= 4 is 17.2 Å². The Labute approximate surface area is 227 Å². The number of carbonyl (C=O) groups is 1. The number of aldehydes is 1. The van der Waals surface area contributed by atoms with E-state index in [1.807, 2.05) is 84.7 Å². The summed E-state index contributed by atoms with van der Waals surface area (Å²) in [6, 6.07) is 29.7. The summed E-state index contributed by atoms with van der Waals surface area (Å²) >= 11 is 0. The van der Waals surface area contributed by atoms with Crippen LogP contribution in [0.3, 0.4) is 0 Å². The third-order valence-electron chi connectivity index (χ3n) is 6.79. The van der Waals surface area contributed by atoms with Gasteiger partial charge in [-0.1, -0.05) is 78.9 Å². The molecule has 0 amide bonds. The number of aliphatic hydroxyl groups is 1. The van der Waals surface area contributed by atoms with Crippen molar-refractivity contribution in [1.82, 2.24) is 9.88 Å². The lowest BCUT2D eigenvalue weighted by molar-refractivity contribution is 0.111. The largest absolute Gasteiger partial charge is 0.478 e. The Morgan fingerprint density at radius 2 is 1.51 bits per heavy atom. The van der Waals surface area contributed by atoms with Crippen LogP contribution in [0.4, 0.5) is 4.39 Å². The molecule has 0 spiro atoms. The molecule has 0 saturated carbocycles. The first-order chi connectivity index (χ1) is 19.1. The Morgan fingerprint density at radius 3 is 2.10 bits per heavy atom. The molecule has 6 heteroatoms. The molecule has 1 heterocycles. The number of halogens is 1. The second kappa shape index (κ2) is 12.0. The van der Waals surface area contributed by atoms with Crippen LogP contribution in [0.25, 0.3) is 10.9 Å². The Morgan fingerprint density at radius 1 is 0.872 bits per heavy atom. The Hall–Kier alpha value is -4.39. The maximum atomic E-state index is 13.4. The van der Waals surface area contributed by atoms with Crippen molar-refractivity contribution in [3.63, 3.8) is 0 Å². The van der Waals surface area contributed by atoms with E-state index in [4.69, 9.17) is 4.74 Å². The molecule has 39 heavy (non-hydrogen) atoms. The van der Waals surface area contributed by atoms with Crippen molar-refractivity contribution in [2.24, 2.45) is 0 Å². The van der Waals surface area contributed by atoms with Crippen molar-refractivity contribution in [2.75, 3.05) is 7.05 Å². The summed E-state index contributed by atoms with van der Waals surface area (Å²) in [7, 11) is 1.92. The molecule has 5 aromatic rings. The molecule has 1 N–H and O–H groups in total. The molecular weight excluding hydrogens is 491 g/mol. The van der Waals surface area contributed by atoms with Crippen molar-refractivity contribution in [2.45, 2.75) is 25.8 Å². The molecule has 0 atom stereocenters. The second-order valence-electron chi connectivity index (χ2n) is 9.49. The predicted molar refractivity (Wildman–Crippen MR) is 150 cm³/mol. The van der Waals surface area contributed by atoms with Gasteiger partial charge in [0.2, 0.25) is 0 Å². The highest BCUT2D eigenvalue weighted by Crippen LogP contribution is 2.39. The first-order valence-corrected chi connectivity index (χ1v) is 12.8. The Balaban J connectivity index is 1.63. The standard InChI is InChI=1S/C33H29FN2O3/c1-36(19-23-14-16-26(34)17-15-23)20-28-29(21-37)27-13-8-18-35-31(27)33(30(28)22-38)39-32(24-9-4-2-5-10-24)25-11-6-3-7-12-25/h2-18,22,32,37H,19-21H2,1H3. The number of rotatable bonds is 10. The molecule has 5 rings (SSSR count). The monoisotopic (exact) mass is 520 g/mol. The van der Waals surface area contributed by atoms with E-state index in [9.17, 15) is 14.3 Å². The van der Waals surface area contributed by atoms with E-state index < -0.39 is 6.10 Å². The van der Waals surface area contributed by atoms with Crippen molar-refractivity contribution < 1.29 is 19.0 Å². The van der Waals surface area contributed by atoms with Crippen molar-refractivity contribution in [3.8, 4) is 5.75 Å². The average Bonchev–Trinajstić information content (AvgIpc) is 2.98. The molecule has 0 radical (unpaired) electrons. The Kier molecular flexibility index (Phi) is 8.06. The van der Waals surface area contributed by atoms with E-state index in [0.29, 0.717) is 41.0 Å². The molecule has 0 bridgehead atoms. The van der Waals surface area contributed by atoms with E-state index in [1.165, 1.54) is 12.1 Å². The van der Waals surface area contributed by atoms with Crippen molar-refractivity contribution in [1.29, 1.82) is 0 Å². The first kappa shape index (κ1) is 26.2. The summed E-state index contributed by atoms with van der Waals surface area (Å²) in [5, 5.41) is 11.2. The van der Waals surface area contributed by atoms with Gasteiger partial charge in [0.25, 0.3) is 0 Å². The predicted octanol–water partition coefficient (Wildman–Crippen LogP) is 6.48. The third-order valence-corrected chi connectivity index (χ3v) is 6.79. The van der Waals surface area contributed by atoms with E-state index >= 15 is 0 Å². The summed E-state index contributed by atoms with van der Waals surface area (Å²) in [5.41, 5.74) is 4.99. The fourth-order valence-electron chi connectivity index (χ4n) is 4.95.